The lowest BCUT2D eigenvalue weighted by Gasteiger charge is -2.34. The highest BCUT2D eigenvalue weighted by Crippen LogP contribution is 2.16. The van der Waals surface area contributed by atoms with Gasteiger partial charge in [-0.1, -0.05) is 30.3 Å². The number of ether oxygens (including phenoxy) is 1. The van der Waals surface area contributed by atoms with E-state index in [0.717, 1.165) is 26.3 Å². The van der Waals surface area contributed by atoms with Gasteiger partial charge in [-0.2, -0.15) is 0 Å². The van der Waals surface area contributed by atoms with E-state index in [2.05, 4.69) is 35.2 Å². The maximum absolute atomic E-state index is 5.71. The fourth-order valence-corrected chi connectivity index (χ4v) is 2.39. The molecule has 17 heavy (non-hydrogen) atoms. The third kappa shape index (κ3) is 3.80. The van der Waals surface area contributed by atoms with Crippen molar-refractivity contribution < 1.29 is 4.74 Å². The van der Waals surface area contributed by atoms with E-state index in [9.17, 15) is 0 Å². The maximum Gasteiger partial charge on any atom is 0.0621 e. The predicted octanol–water partition coefficient (Wildman–Crippen LogP) is 1.63. The Morgan fingerprint density at radius 3 is 2.76 bits per heavy atom. The summed E-state index contributed by atoms with van der Waals surface area (Å²) in [4.78, 5) is 2.45. The minimum Gasteiger partial charge on any atom is -0.380 e. The second-order valence-corrected chi connectivity index (χ2v) is 4.62. The van der Waals surface area contributed by atoms with Gasteiger partial charge in [-0.3, -0.25) is 4.90 Å². The Bertz CT molecular complexity index is 309. The van der Waals surface area contributed by atoms with Crippen molar-refractivity contribution in [2.24, 2.45) is 5.73 Å². The second-order valence-electron chi connectivity index (χ2n) is 4.62. The molecule has 0 radical (unpaired) electrons. The molecular formula is C14H22N2O. The number of hydrogen-bond donors (Lipinski definition) is 1. The van der Waals surface area contributed by atoms with E-state index in [-0.39, 0.29) is 0 Å². The summed E-state index contributed by atoms with van der Waals surface area (Å²) in [5, 5.41) is 0. The molecule has 1 aliphatic rings. The number of nitrogens with two attached hydrogens (primary N) is 1. The molecule has 3 nitrogen and oxygen atoms in total. The maximum atomic E-state index is 5.71. The number of benzene rings is 1. The zero-order chi connectivity index (χ0) is 11.9. The Labute approximate surface area is 104 Å². The van der Waals surface area contributed by atoms with Gasteiger partial charge >= 0.3 is 0 Å². The van der Waals surface area contributed by atoms with E-state index >= 15 is 0 Å². The molecule has 1 unspecified atom stereocenters. The van der Waals surface area contributed by atoms with Crippen LogP contribution in [-0.2, 0) is 11.3 Å². The molecule has 2 N–H and O–H groups in total. The molecule has 1 aliphatic heterocycles. The summed E-state index contributed by atoms with van der Waals surface area (Å²) < 4.78 is 5.56. The molecule has 1 fully saturated rings. The lowest BCUT2D eigenvalue weighted by molar-refractivity contribution is 0.0157. The molecule has 0 bridgehead atoms. The Morgan fingerprint density at radius 2 is 2.12 bits per heavy atom. The van der Waals surface area contributed by atoms with Crippen LogP contribution < -0.4 is 5.73 Å². The second kappa shape index (κ2) is 6.74. The molecule has 1 heterocycles. The monoisotopic (exact) mass is 234 g/mol. The van der Waals surface area contributed by atoms with Crippen molar-refractivity contribution in [1.29, 1.82) is 0 Å². The largest absolute Gasteiger partial charge is 0.380 e. The highest BCUT2D eigenvalue weighted by Gasteiger charge is 2.20. The van der Waals surface area contributed by atoms with E-state index in [1.807, 2.05) is 0 Å². The summed E-state index contributed by atoms with van der Waals surface area (Å²) in [5.41, 5.74) is 7.06. The van der Waals surface area contributed by atoms with Gasteiger partial charge in [0.25, 0.3) is 0 Å². The number of nitrogens with zero attached hydrogens (tertiary/aromatic N) is 1. The van der Waals surface area contributed by atoms with Crippen LogP contribution in [0.4, 0.5) is 0 Å². The highest BCUT2D eigenvalue weighted by molar-refractivity contribution is 5.14. The first kappa shape index (κ1) is 12.6. The molecule has 0 amide bonds. The van der Waals surface area contributed by atoms with E-state index in [0.29, 0.717) is 12.6 Å². The minimum absolute atomic E-state index is 0.535. The van der Waals surface area contributed by atoms with Crippen molar-refractivity contribution in [3.8, 4) is 0 Å². The van der Waals surface area contributed by atoms with Crippen LogP contribution in [0.5, 0.6) is 0 Å². The molecule has 2 rings (SSSR count). The van der Waals surface area contributed by atoms with E-state index in [1.54, 1.807) is 0 Å². The molecule has 1 atom stereocenters. The first-order valence-corrected chi connectivity index (χ1v) is 6.46. The molecule has 0 spiro atoms. The standard InChI is InChI=1S/C14H22N2O/c15-8-9-16(14-7-4-10-17-12-14)11-13-5-2-1-3-6-13/h1-3,5-6,14H,4,7-12,15H2. The Kier molecular flexibility index (Phi) is 4.98. The summed E-state index contributed by atoms with van der Waals surface area (Å²) in [7, 11) is 0. The van der Waals surface area contributed by atoms with Gasteiger partial charge in [0.05, 0.1) is 6.61 Å². The summed E-state index contributed by atoms with van der Waals surface area (Å²) in [6.07, 6.45) is 2.40. The smallest absolute Gasteiger partial charge is 0.0621 e. The molecule has 0 saturated carbocycles. The van der Waals surface area contributed by atoms with Gasteiger partial charge in [0, 0.05) is 32.3 Å². The van der Waals surface area contributed by atoms with Crippen molar-refractivity contribution in [3.63, 3.8) is 0 Å². The molecule has 1 aromatic rings. The van der Waals surface area contributed by atoms with Crippen LogP contribution in [0.25, 0.3) is 0 Å². The zero-order valence-electron chi connectivity index (χ0n) is 10.3. The SMILES string of the molecule is NCCN(Cc1ccccc1)C1CCCOC1. The van der Waals surface area contributed by atoms with Gasteiger partial charge in [-0.05, 0) is 18.4 Å². The van der Waals surface area contributed by atoms with Crippen molar-refractivity contribution in [2.75, 3.05) is 26.3 Å². The average molecular weight is 234 g/mol. The molecule has 3 heteroatoms. The molecular weight excluding hydrogens is 212 g/mol. The number of hydrogen-bond acceptors (Lipinski definition) is 3. The van der Waals surface area contributed by atoms with Crippen molar-refractivity contribution in [2.45, 2.75) is 25.4 Å². The zero-order valence-corrected chi connectivity index (χ0v) is 10.3. The van der Waals surface area contributed by atoms with Gasteiger partial charge in [0.15, 0.2) is 0 Å². The van der Waals surface area contributed by atoms with Crippen molar-refractivity contribution in [1.82, 2.24) is 4.90 Å². The number of rotatable bonds is 5. The molecule has 0 aliphatic carbocycles. The lowest BCUT2D eigenvalue weighted by Crippen LogP contribution is -2.43. The third-order valence-corrected chi connectivity index (χ3v) is 3.30. The van der Waals surface area contributed by atoms with Gasteiger partial charge in [0.2, 0.25) is 0 Å². The fourth-order valence-electron chi connectivity index (χ4n) is 2.39. The van der Waals surface area contributed by atoms with Crippen LogP contribution in [0.3, 0.4) is 0 Å². The van der Waals surface area contributed by atoms with E-state index in [1.165, 1.54) is 18.4 Å². The van der Waals surface area contributed by atoms with Gasteiger partial charge in [-0.25, -0.2) is 0 Å². The summed E-state index contributed by atoms with van der Waals surface area (Å²) in [6, 6.07) is 11.1. The van der Waals surface area contributed by atoms with Crippen LogP contribution in [-0.4, -0.2) is 37.2 Å². The van der Waals surface area contributed by atoms with Gasteiger partial charge < -0.3 is 10.5 Å². The lowest BCUT2D eigenvalue weighted by atomic mass is 10.1. The Morgan fingerprint density at radius 1 is 1.29 bits per heavy atom. The van der Waals surface area contributed by atoms with Crippen LogP contribution in [0, 0.1) is 0 Å². The average Bonchev–Trinajstić information content (AvgIpc) is 2.40. The summed E-state index contributed by atoms with van der Waals surface area (Å²) in [6.45, 7) is 4.41. The van der Waals surface area contributed by atoms with Crippen LogP contribution in [0.15, 0.2) is 30.3 Å². The van der Waals surface area contributed by atoms with Crippen LogP contribution in [0.1, 0.15) is 18.4 Å². The fraction of sp³-hybridized carbons (Fsp3) is 0.571. The molecule has 0 aromatic heterocycles. The molecule has 94 valence electrons. The minimum atomic E-state index is 0.535. The topological polar surface area (TPSA) is 38.5 Å². The predicted molar refractivity (Wildman–Crippen MR) is 69.7 cm³/mol. The van der Waals surface area contributed by atoms with Crippen LogP contribution in [0.2, 0.25) is 0 Å². The Balaban J connectivity index is 1.96. The van der Waals surface area contributed by atoms with E-state index < -0.39 is 0 Å². The first-order chi connectivity index (χ1) is 8.40. The van der Waals surface area contributed by atoms with Crippen LogP contribution >= 0.6 is 0 Å². The van der Waals surface area contributed by atoms with Gasteiger partial charge in [-0.15, -0.1) is 0 Å². The molecule has 1 saturated heterocycles. The highest BCUT2D eigenvalue weighted by atomic mass is 16.5. The Hall–Kier alpha value is -0.900. The summed E-state index contributed by atoms with van der Waals surface area (Å²) in [5.74, 6) is 0. The normalized spacial score (nSPS) is 20.7. The third-order valence-electron chi connectivity index (χ3n) is 3.30. The first-order valence-electron chi connectivity index (χ1n) is 6.46. The van der Waals surface area contributed by atoms with Crippen molar-refractivity contribution >= 4 is 0 Å². The van der Waals surface area contributed by atoms with Gasteiger partial charge in [0.1, 0.15) is 0 Å². The quantitative estimate of drug-likeness (QED) is 0.841. The van der Waals surface area contributed by atoms with E-state index in [4.69, 9.17) is 10.5 Å². The molecule has 1 aromatic carbocycles. The summed E-state index contributed by atoms with van der Waals surface area (Å²) >= 11 is 0. The van der Waals surface area contributed by atoms with Crippen molar-refractivity contribution in [3.05, 3.63) is 35.9 Å².